The van der Waals surface area contributed by atoms with Crippen molar-refractivity contribution in [3.8, 4) is 0 Å². The Kier molecular flexibility index (Phi) is 4.69. The van der Waals surface area contributed by atoms with Gasteiger partial charge in [0.15, 0.2) is 0 Å². The summed E-state index contributed by atoms with van der Waals surface area (Å²) in [5.41, 5.74) is 1.07. The van der Waals surface area contributed by atoms with Crippen LogP contribution in [0.15, 0.2) is 0 Å². The predicted octanol–water partition coefficient (Wildman–Crippen LogP) is 5.97. The minimum atomic E-state index is 0.508. The lowest BCUT2D eigenvalue weighted by molar-refractivity contribution is -0.0870. The summed E-state index contributed by atoms with van der Waals surface area (Å²) < 4.78 is 6.29. The molecule has 21 heavy (non-hydrogen) atoms. The zero-order chi connectivity index (χ0) is 14.9. The van der Waals surface area contributed by atoms with E-state index in [1.165, 1.54) is 70.6 Å². The standard InChI is InChI=1S/C20H36O/c1-16-10-14-21-18-15-20(3,13-8-9-17(16)18)19(2)11-6-4-5-7-12-19/h16-18H,4-15H2,1-3H3. The third-order valence-corrected chi connectivity index (χ3v) is 7.70. The summed E-state index contributed by atoms with van der Waals surface area (Å²) in [6, 6.07) is 0. The molecular weight excluding hydrogens is 256 g/mol. The maximum Gasteiger partial charge on any atom is 0.0611 e. The highest BCUT2D eigenvalue weighted by molar-refractivity contribution is 4.98. The molecule has 0 aromatic rings. The third kappa shape index (κ3) is 3.05. The summed E-state index contributed by atoms with van der Waals surface area (Å²) in [7, 11) is 0. The Morgan fingerprint density at radius 2 is 1.48 bits per heavy atom. The fraction of sp³-hybridized carbons (Fsp3) is 1.00. The van der Waals surface area contributed by atoms with Crippen molar-refractivity contribution in [3.05, 3.63) is 0 Å². The van der Waals surface area contributed by atoms with E-state index in [0.717, 1.165) is 18.4 Å². The van der Waals surface area contributed by atoms with Gasteiger partial charge in [-0.05, 0) is 61.2 Å². The molecule has 1 saturated heterocycles. The van der Waals surface area contributed by atoms with Crippen LogP contribution >= 0.6 is 0 Å². The molecule has 1 aliphatic heterocycles. The van der Waals surface area contributed by atoms with Gasteiger partial charge in [-0.2, -0.15) is 0 Å². The van der Waals surface area contributed by atoms with Crippen LogP contribution in [0.3, 0.4) is 0 Å². The Bertz CT molecular complexity index is 342. The molecule has 3 rings (SSSR count). The molecule has 0 aromatic carbocycles. The van der Waals surface area contributed by atoms with Crippen LogP contribution in [0.1, 0.15) is 91.4 Å². The van der Waals surface area contributed by atoms with Crippen LogP contribution in [0.2, 0.25) is 0 Å². The first-order valence-corrected chi connectivity index (χ1v) is 9.66. The van der Waals surface area contributed by atoms with Crippen LogP contribution in [-0.2, 0) is 4.74 Å². The van der Waals surface area contributed by atoms with E-state index >= 15 is 0 Å². The van der Waals surface area contributed by atoms with Gasteiger partial charge in [-0.3, -0.25) is 0 Å². The lowest BCUT2D eigenvalue weighted by atomic mass is 9.58. The highest BCUT2D eigenvalue weighted by atomic mass is 16.5. The normalized spacial score (nSPS) is 44.4. The molecule has 0 radical (unpaired) electrons. The second kappa shape index (κ2) is 6.22. The van der Waals surface area contributed by atoms with E-state index in [1.54, 1.807) is 0 Å². The topological polar surface area (TPSA) is 9.23 Å². The summed E-state index contributed by atoms with van der Waals surface area (Å²) in [4.78, 5) is 0. The van der Waals surface area contributed by atoms with Crippen LogP contribution in [0.4, 0.5) is 0 Å². The van der Waals surface area contributed by atoms with Crippen molar-refractivity contribution in [2.75, 3.05) is 6.61 Å². The van der Waals surface area contributed by atoms with E-state index in [2.05, 4.69) is 20.8 Å². The van der Waals surface area contributed by atoms with Gasteiger partial charge in [0.05, 0.1) is 6.10 Å². The fourth-order valence-corrected chi connectivity index (χ4v) is 5.72. The summed E-state index contributed by atoms with van der Waals surface area (Å²) in [5.74, 6) is 1.72. The lowest BCUT2D eigenvalue weighted by Crippen LogP contribution is -2.43. The van der Waals surface area contributed by atoms with E-state index in [1.807, 2.05) is 0 Å². The molecule has 1 nitrogen and oxygen atoms in total. The van der Waals surface area contributed by atoms with Crippen molar-refractivity contribution in [1.82, 2.24) is 0 Å². The number of hydrogen-bond donors (Lipinski definition) is 0. The van der Waals surface area contributed by atoms with E-state index in [9.17, 15) is 0 Å². The first kappa shape index (κ1) is 15.8. The molecule has 2 saturated carbocycles. The molecule has 2 aliphatic carbocycles. The Morgan fingerprint density at radius 1 is 0.810 bits per heavy atom. The van der Waals surface area contributed by atoms with E-state index in [4.69, 9.17) is 4.74 Å². The van der Waals surface area contributed by atoms with E-state index in [-0.39, 0.29) is 0 Å². The molecule has 0 aromatic heterocycles. The van der Waals surface area contributed by atoms with Crippen molar-refractivity contribution in [1.29, 1.82) is 0 Å². The monoisotopic (exact) mass is 292 g/mol. The third-order valence-electron chi connectivity index (χ3n) is 7.70. The SMILES string of the molecule is CC1CCOC2CC(C)(C3(C)CCCCCC3)CCCC12. The molecule has 3 fully saturated rings. The predicted molar refractivity (Wildman–Crippen MR) is 89.4 cm³/mol. The average Bonchev–Trinajstić information content (AvgIpc) is 2.77. The van der Waals surface area contributed by atoms with Crippen LogP contribution < -0.4 is 0 Å². The minimum Gasteiger partial charge on any atom is -0.378 e. The highest BCUT2D eigenvalue weighted by Crippen LogP contribution is 2.56. The molecular formula is C20H36O. The van der Waals surface area contributed by atoms with Crippen molar-refractivity contribution < 1.29 is 4.74 Å². The summed E-state index contributed by atoms with van der Waals surface area (Å²) in [5, 5.41) is 0. The number of ether oxygens (including phenoxy) is 1. The van der Waals surface area contributed by atoms with Gasteiger partial charge in [-0.25, -0.2) is 0 Å². The van der Waals surface area contributed by atoms with Gasteiger partial charge >= 0.3 is 0 Å². The zero-order valence-corrected chi connectivity index (χ0v) is 14.6. The summed E-state index contributed by atoms with van der Waals surface area (Å²) >= 11 is 0. The molecule has 0 spiro atoms. The Morgan fingerprint density at radius 3 is 2.19 bits per heavy atom. The quantitative estimate of drug-likeness (QED) is 0.541. The van der Waals surface area contributed by atoms with Gasteiger partial charge in [0.25, 0.3) is 0 Å². The van der Waals surface area contributed by atoms with Crippen LogP contribution in [0.5, 0.6) is 0 Å². The second-order valence-electron chi connectivity index (χ2n) is 8.97. The Labute approximate surface area is 132 Å². The van der Waals surface area contributed by atoms with Gasteiger partial charge in [0, 0.05) is 6.61 Å². The molecule has 1 heterocycles. The molecule has 122 valence electrons. The van der Waals surface area contributed by atoms with Crippen molar-refractivity contribution in [3.63, 3.8) is 0 Å². The first-order chi connectivity index (χ1) is 10.0. The molecule has 0 amide bonds. The highest BCUT2D eigenvalue weighted by Gasteiger charge is 2.48. The molecule has 0 N–H and O–H groups in total. The van der Waals surface area contributed by atoms with Gasteiger partial charge < -0.3 is 4.74 Å². The van der Waals surface area contributed by atoms with Gasteiger partial charge in [-0.1, -0.05) is 52.9 Å². The average molecular weight is 293 g/mol. The molecule has 0 bridgehead atoms. The Hall–Kier alpha value is -0.0400. The zero-order valence-electron chi connectivity index (χ0n) is 14.6. The number of fused-ring (bicyclic) bond motifs is 1. The maximum absolute atomic E-state index is 6.29. The summed E-state index contributed by atoms with van der Waals surface area (Å²) in [6.45, 7) is 8.71. The molecule has 3 aliphatic rings. The van der Waals surface area contributed by atoms with E-state index in [0.29, 0.717) is 16.9 Å². The smallest absolute Gasteiger partial charge is 0.0611 e. The number of hydrogen-bond acceptors (Lipinski definition) is 1. The van der Waals surface area contributed by atoms with Crippen LogP contribution in [-0.4, -0.2) is 12.7 Å². The summed E-state index contributed by atoms with van der Waals surface area (Å²) in [6.07, 6.45) is 16.2. The molecule has 4 atom stereocenters. The van der Waals surface area contributed by atoms with Crippen LogP contribution in [0.25, 0.3) is 0 Å². The van der Waals surface area contributed by atoms with Gasteiger partial charge in [0.2, 0.25) is 0 Å². The number of rotatable bonds is 1. The van der Waals surface area contributed by atoms with Crippen molar-refractivity contribution in [2.24, 2.45) is 22.7 Å². The van der Waals surface area contributed by atoms with Gasteiger partial charge in [-0.15, -0.1) is 0 Å². The lowest BCUT2D eigenvalue weighted by Gasteiger charge is -2.49. The van der Waals surface area contributed by atoms with E-state index < -0.39 is 0 Å². The Balaban J connectivity index is 1.79. The second-order valence-corrected chi connectivity index (χ2v) is 8.97. The molecule has 1 heteroatoms. The maximum atomic E-state index is 6.29. The van der Waals surface area contributed by atoms with Crippen LogP contribution in [0, 0.1) is 22.7 Å². The molecule has 4 unspecified atom stereocenters. The van der Waals surface area contributed by atoms with Crippen molar-refractivity contribution >= 4 is 0 Å². The minimum absolute atomic E-state index is 0.508. The van der Waals surface area contributed by atoms with Crippen molar-refractivity contribution in [2.45, 2.75) is 97.5 Å². The first-order valence-electron chi connectivity index (χ1n) is 9.66. The largest absolute Gasteiger partial charge is 0.378 e. The van der Waals surface area contributed by atoms with Gasteiger partial charge in [0.1, 0.15) is 0 Å². The fourth-order valence-electron chi connectivity index (χ4n) is 5.72.